The first kappa shape index (κ1) is 20.0. The third-order valence-electron chi connectivity index (χ3n) is 6.07. The monoisotopic (exact) mass is 405 g/mol. The van der Waals surface area contributed by atoms with Crippen molar-refractivity contribution in [2.24, 2.45) is 5.92 Å². The first-order chi connectivity index (χ1) is 14.5. The fraction of sp³-hybridized carbons (Fsp3) is 0.333. The number of benzene rings is 2. The minimum Gasteiger partial charge on any atom is -0.497 e. The van der Waals surface area contributed by atoms with E-state index in [0.717, 1.165) is 45.5 Å². The summed E-state index contributed by atoms with van der Waals surface area (Å²) < 4.78 is 5.32. The summed E-state index contributed by atoms with van der Waals surface area (Å²) in [5.74, 6) is 0.439. The minimum atomic E-state index is -0.319. The van der Waals surface area contributed by atoms with Crippen LogP contribution in [-0.4, -0.2) is 41.9 Å². The molecule has 156 valence electrons. The fourth-order valence-corrected chi connectivity index (χ4v) is 4.03. The van der Waals surface area contributed by atoms with Gasteiger partial charge in [0.05, 0.1) is 13.0 Å². The van der Waals surface area contributed by atoms with E-state index in [4.69, 9.17) is 4.74 Å². The smallest absolute Gasteiger partial charge is 0.229 e. The molecule has 4 rings (SSSR count). The molecular weight excluding hydrogens is 378 g/mol. The van der Waals surface area contributed by atoms with E-state index in [0.29, 0.717) is 13.1 Å². The second-order valence-electron chi connectivity index (χ2n) is 7.95. The van der Waals surface area contributed by atoms with Gasteiger partial charge in [-0.1, -0.05) is 12.1 Å². The average molecular weight is 405 g/mol. The highest BCUT2D eigenvalue weighted by Gasteiger charge is 2.34. The highest BCUT2D eigenvalue weighted by molar-refractivity contribution is 5.97. The quantitative estimate of drug-likeness (QED) is 0.655. The SMILES string of the molecule is COc1ccc2[nH]cc(CCN3C[C@H](C(=O)Nc4cccc(C)c4C)CC3=O)c2c1. The largest absolute Gasteiger partial charge is 0.497 e. The van der Waals surface area contributed by atoms with Gasteiger partial charge in [0.15, 0.2) is 0 Å². The molecule has 0 saturated carbocycles. The third-order valence-corrected chi connectivity index (χ3v) is 6.07. The van der Waals surface area contributed by atoms with Crippen LogP contribution in [0.3, 0.4) is 0 Å². The number of methoxy groups -OCH3 is 1. The molecule has 0 unspecified atom stereocenters. The Bertz CT molecular complexity index is 1100. The molecule has 2 heterocycles. The maximum Gasteiger partial charge on any atom is 0.229 e. The van der Waals surface area contributed by atoms with Crippen molar-refractivity contribution >= 4 is 28.4 Å². The Labute approximate surface area is 176 Å². The molecule has 1 fully saturated rings. The van der Waals surface area contributed by atoms with Gasteiger partial charge in [0.1, 0.15) is 5.75 Å². The van der Waals surface area contributed by atoms with Crippen LogP contribution >= 0.6 is 0 Å². The van der Waals surface area contributed by atoms with Crippen LogP contribution in [0.5, 0.6) is 5.75 Å². The topological polar surface area (TPSA) is 74.4 Å². The van der Waals surface area contributed by atoms with Gasteiger partial charge in [-0.2, -0.15) is 0 Å². The number of nitrogens with zero attached hydrogens (tertiary/aromatic N) is 1. The van der Waals surface area contributed by atoms with E-state index in [-0.39, 0.29) is 24.2 Å². The first-order valence-electron chi connectivity index (χ1n) is 10.2. The van der Waals surface area contributed by atoms with E-state index in [2.05, 4.69) is 10.3 Å². The van der Waals surface area contributed by atoms with Crippen molar-refractivity contribution in [1.82, 2.24) is 9.88 Å². The number of nitrogens with one attached hydrogen (secondary N) is 2. The summed E-state index contributed by atoms with van der Waals surface area (Å²) in [5.41, 5.74) is 5.19. The maximum atomic E-state index is 12.7. The molecule has 1 aromatic heterocycles. The molecule has 3 aromatic rings. The Morgan fingerprint density at radius 3 is 2.90 bits per heavy atom. The Hall–Kier alpha value is -3.28. The van der Waals surface area contributed by atoms with Crippen molar-refractivity contribution in [2.75, 3.05) is 25.5 Å². The molecule has 2 aromatic carbocycles. The summed E-state index contributed by atoms with van der Waals surface area (Å²) in [5, 5.41) is 4.11. The summed E-state index contributed by atoms with van der Waals surface area (Å²) in [6.07, 6.45) is 2.97. The zero-order chi connectivity index (χ0) is 21.3. The summed E-state index contributed by atoms with van der Waals surface area (Å²) >= 11 is 0. The predicted molar refractivity (Wildman–Crippen MR) is 118 cm³/mol. The second-order valence-corrected chi connectivity index (χ2v) is 7.95. The van der Waals surface area contributed by atoms with Gasteiger partial charge in [0.25, 0.3) is 0 Å². The number of anilines is 1. The number of hydrogen-bond donors (Lipinski definition) is 2. The van der Waals surface area contributed by atoms with E-state index in [1.165, 1.54) is 0 Å². The van der Waals surface area contributed by atoms with Crippen LogP contribution in [-0.2, 0) is 16.0 Å². The van der Waals surface area contributed by atoms with Crippen LogP contribution in [0.4, 0.5) is 5.69 Å². The third kappa shape index (κ3) is 3.90. The van der Waals surface area contributed by atoms with Gasteiger partial charge in [-0.05, 0) is 61.2 Å². The van der Waals surface area contributed by atoms with E-state index >= 15 is 0 Å². The number of amides is 2. The van der Waals surface area contributed by atoms with Crippen LogP contribution in [0.2, 0.25) is 0 Å². The minimum absolute atomic E-state index is 0.0357. The van der Waals surface area contributed by atoms with Crippen molar-refractivity contribution in [3.05, 3.63) is 59.3 Å². The lowest BCUT2D eigenvalue weighted by Gasteiger charge is -2.17. The van der Waals surface area contributed by atoms with Crippen molar-refractivity contribution in [2.45, 2.75) is 26.7 Å². The van der Waals surface area contributed by atoms with Crippen LogP contribution < -0.4 is 10.1 Å². The molecule has 0 bridgehead atoms. The molecule has 30 heavy (non-hydrogen) atoms. The van der Waals surface area contributed by atoms with E-state index in [9.17, 15) is 9.59 Å². The number of aromatic nitrogens is 1. The summed E-state index contributed by atoms with van der Waals surface area (Å²) in [4.78, 5) is 30.3. The molecule has 2 amide bonds. The molecule has 1 aliphatic heterocycles. The molecule has 0 radical (unpaired) electrons. The van der Waals surface area contributed by atoms with Crippen molar-refractivity contribution < 1.29 is 14.3 Å². The lowest BCUT2D eigenvalue weighted by Crippen LogP contribution is -2.30. The number of carbonyl (C=O) groups excluding carboxylic acids is 2. The van der Waals surface area contributed by atoms with Crippen molar-refractivity contribution in [3.8, 4) is 5.75 Å². The number of likely N-dealkylation sites (tertiary alicyclic amines) is 1. The van der Waals surface area contributed by atoms with Crippen LogP contribution in [0, 0.1) is 19.8 Å². The molecule has 0 spiro atoms. The molecule has 1 atom stereocenters. The predicted octanol–water partition coefficient (Wildman–Crippen LogP) is 3.82. The normalized spacial score (nSPS) is 16.3. The summed E-state index contributed by atoms with van der Waals surface area (Å²) in [6, 6.07) is 11.8. The van der Waals surface area contributed by atoms with Gasteiger partial charge < -0.3 is 19.9 Å². The average Bonchev–Trinajstić information content (AvgIpc) is 3.32. The van der Waals surface area contributed by atoms with E-state index < -0.39 is 0 Å². The molecular formula is C24H27N3O3. The first-order valence-corrected chi connectivity index (χ1v) is 10.2. The fourth-order valence-electron chi connectivity index (χ4n) is 4.03. The molecule has 0 aliphatic carbocycles. The van der Waals surface area contributed by atoms with E-state index in [1.54, 1.807) is 12.0 Å². The summed E-state index contributed by atoms with van der Waals surface area (Å²) in [7, 11) is 1.65. The molecule has 1 saturated heterocycles. The van der Waals surface area contributed by atoms with Crippen LogP contribution in [0.15, 0.2) is 42.6 Å². The Morgan fingerprint density at radius 1 is 1.27 bits per heavy atom. The number of rotatable bonds is 6. The number of H-pyrrole nitrogens is 1. The second kappa shape index (κ2) is 8.22. The number of aryl methyl sites for hydroxylation is 1. The Kier molecular flexibility index (Phi) is 5.48. The lowest BCUT2D eigenvalue weighted by molar-refractivity contribution is -0.128. The molecule has 1 aliphatic rings. The van der Waals surface area contributed by atoms with Gasteiger partial charge >= 0.3 is 0 Å². The highest BCUT2D eigenvalue weighted by Crippen LogP contribution is 2.26. The Balaban J connectivity index is 1.39. The lowest BCUT2D eigenvalue weighted by atomic mass is 10.1. The molecule has 6 heteroatoms. The summed E-state index contributed by atoms with van der Waals surface area (Å²) in [6.45, 7) is 5.07. The zero-order valence-corrected chi connectivity index (χ0v) is 17.6. The van der Waals surface area contributed by atoms with Gasteiger partial charge in [-0.25, -0.2) is 0 Å². The molecule has 2 N–H and O–H groups in total. The van der Waals surface area contributed by atoms with Crippen molar-refractivity contribution in [1.29, 1.82) is 0 Å². The standard InChI is InChI=1S/C24H27N3O3/c1-15-5-4-6-21(16(15)2)26-24(29)18-11-23(28)27(14-18)10-9-17-13-25-22-8-7-19(30-3)12-20(17)22/h4-8,12-13,18,25H,9-11,14H2,1-3H3,(H,26,29)/t18-/m1/s1. The van der Waals surface area contributed by atoms with Gasteiger partial charge in [-0.15, -0.1) is 0 Å². The molecule has 6 nitrogen and oxygen atoms in total. The van der Waals surface area contributed by atoms with Gasteiger partial charge in [0, 0.05) is 42.3 Å². The number of aromatic amines is 1. The van der Waals surface area contributed by atoms with Crippen molar-refractivity contribution in [3.63, 3.8) is 0 Å². The highest BCUT2D eigenvalue weighted by atomic mass is 16.5. The van der Waals surface area contributed by atoms with Gasteiger partial charge in [-0.3, -0.25) is 9.59 Å². The zero-order valence-electron chi connectivity index (χ0n) is 17.6. The number of ether oxygens (including phenoxy) is 1. The van der Waals surface area contributed by atoms with Crippen LogP contribution in [0.25, 0.3) is 10.9 Å². The van der Waals surface area contributed by atoms with Crippen LogP contribution in [0.1, 0.15) is 23.1 Å². The van der Waals surface area contributed by atoms with E-state index in [1.807, 2.05) is 56.4 Å². The van der Waals surface area contributed by atoms with Gasteiger partial charge in [0.2, 0.25) is 11.8 Å². The number of hydrogen-bond acceptors (Lipinski definition) is 3. The Morgan fingerprint density at radius 2 is 2.10 bits per heavy atom. The maximum absolute atomic E-state index is 12.7. The number of carbonyl (C=O) groups is 2. The number of fused-ring (bicyclic) bond motifs is 1.